The highest BCUT2D eigenvalue weighted by Crippen LogP contribution is 2.11. The van der Waals surface area contributed by atoms with E-state index in [1.54, 1.807) is 12.1 Å². The van der Waals surface area contributed by atoms with E-state index >= 15 is 0 Å². The predicted molar refractivity (Wildman–Crippen MR) is 49.9 cm³/mol. The second-order valence-electron chi connectivity index (χ2n) is 2.74. The van der Waals surface area contributed by atoms with Crippen LogP contribution in [0.4, 0.5) is 0 Å². The minimum absolute atomic E-state index is 0.226. The number of sulfone groups is 1. The van der Waals surface area contributed by atoms with Gasteiger partial charge in [-0.05, 0) is 12.1 Å². The monoisotopic (exact) mass is 195 g/mol. The molecule has 1 aromatic rings. The minimum Gasteiger partial charge on any atom is -0.312 e. The predicted octanol–water partition coefficient (Wildman–Crippen LogP) is 1.51. The average molecular weight is 195 g/mol. The Bertz CT molecular complexity index is 443. The van der Waals surface area contributed by atoms with Crippen LogP contribution in [0.5, 0.6) is 0 Å². The van der Waals surface area contributed by atoms with Gasteiger partial charge in [0.2, 0.25) is 6.54 Å². The van der Waals surface area contributed by atoms with Crippen molar-refractivity contribution in [2.75, 3.05) is 6.26 Å². The molecule has 0 radical (unpaired) electrons. The van der Waals surface area contributed by atoms with Crippen molar-refractivity contribution in [2.24, 2.45) is 0 Å². The van der Waals surface area contributed by atoms with E-state index in [4.69, 9.17) is 6.57 Å². The Hall–Kier alpha value is -1.34. The highest BCUT2D eigenvalue weighted by atomic mass is 32.2. The standard InChI is InChI=1S/C9H9NO2S/c1-10-7-8-4-3-5-9(6-8)13(2,11)12/h3-6H,7H2,2H3. The molecule has 0 aliphatic rings. The molecule has 0 spiro atoms. The molecular weight excluding hydrogens is 186 g/mol. The maximum Gasteiger partial charge on any atom is 0.239 e. The summed E-state index contributed by atoms with van der Waals surface area (Å²) in [4.78, 5) is 3.46. The molecule has 13 heavy (non-hydrogen) atoms. The SMILES string of the molecule is [C-]#[N+]Cc1cccc(S(C)(=O)=O)c1. The van der Waals surface area contributed by atoms with Crippen LogP contribution < -0.4 is 0 Å². The molecule has 0 N–H and O–H groups in total. The Kier molecular flexibility index (Phi) is 2.69. The summed E-state index contributed by atoms with van der Waals surface area (Å²) in [5, 5.41) is 0. The molecule has 0 saturated heterocycles. The van der Waals surface area contributed by atoms with Gasteiger partial charge >= 0.3 is 0 Å². The zero-order chi connectivity index (χ0) is 9.90. The number of rotatable bonds is 2. The lowest BCUT2D eigenvalue weighted by Crippen LogP contribution is -1.97. The molecule has 0 aliphatic carbocycles. The van der Waals surface area contributed by atoms with Gasteiger partial charge in [-0.1, -0.05) is 12.1 Å². The average Bonchev–Trinajstić information content (AvgIpc) is 2.04. The first kappa shape index (κ1) is 9.75. The van der Waals surface area contributed by atoms with Gasteiger partial charge < -0.3 is 4.85 Å². The van der Waals surface area contributed by atoms with Gasteiger partial charge in [-0.15, -0.1) is 0 Å². The first-order valence-electron chi connectivity index (χ1n) is 3.66. The van der Waals surface area contributed by atoms with Gasteiger partial charge in [0.1, 0.15) is 0 Å². The molecule has 68 valence electrons. The molecular formula is C9H9NO2S. The molecule has 0 heterocycles. The summed E-state index contributed by atoms with van der Waals surface area (Å²) in [5.41, 5.74) is 0.734. The number of nitrogens with zero attached hydrogens (tertiary/aromatic N) is 1. The van der Waals surface area contributed by atoms with Gasteiger partial charge in [-0.25, -0.2) is 15.0 Å². The highest BCUT2D eigenvalue weighted by Gasteiger charge is 2.07. The molecule has 0 saturated carbocycles. The number of benzene rings is 1. The zero-order valence-corrected chi connectivity index (χ0v) is 8.00. The largest absolute Gasteiger partial charge is 0.312 e. The highest BCUT2D eigenvalue weighted by molar-refractivity contribution is 7.90. The molecule has 0 unspecified atom stereocenters. The van der Waals surface area contributed by atoms with Crippen molar-refractivity contribution >= 4 is 9.84 Å². The van der Waals surface area contributed by atoms with Crippen LogP contribution in [-0.4, -0.2) is 14.7 Å². The third kappa shape index (κ3) is 2.56. The summed E-state index contributed by atoms with van der Waals surface area (Å²) in [7, 11) is -3.15. The van der Waals surface area contributed by atoms with Crippen LogP contribution in [0.3, 0.4) is 0 Å². The summed E-state index contributed by atoms with van der Waals surface area (Å²) < 4.78 is 22.2. The maximum atomic E-state index is 11.1. The third-order valence-corrected chi connectivity index (χ3v) is 2.70. The van der Waals surface area contributed by atoms with Crippen LogP contribution in [-0.2, 0) is 16.4 Å². The van der Waals surface area contributed by atoms with E-state index in [9.17, 15) is 8.42 Å². The summed E-state index contributed by atoms with van der Waals surface area (Å²) in [6.07, 6.45) is 1.16. The van der Waals surface area contributed by atoms with E-state index in [1.807, 2.05) is 0 Å². The first-order valence-corrected chi connectivity index (χ1v) is 5.55. The Balaban J connectivity index is 3.15. The number of hydrogen-bond acceptors (Lipinski definition) is 2. The van der Waals surface area contributed by atoms with E-state index in [0.717, 1.165) is 11.8 Å². The molecule has 0 aliphatic heterocycles. The smallest absolute Gasteiger partial charge is 0.239 e. The van der Waals surface area contributed by atoms with Gasteiger partial charge in [0, 0.05) is 11.8 Å². The molecule has 4 heteroatoms. The summed E-state index contributed by atoms with van der Waals surface area (Å²) in [6.45, 7) is 6.87. The second kappa shape index (κ2) is 3.58. The van der Waals surface area contributed by atoms with Crippen molar-refractivity contribution in [2.45, 2.75) is 11.4 Å². The quantitative estimate of drug-likeness (QED) is 0.671. The van der Waals surface area contributed by atoms with Crippen LogP contribution in [0.1, 0.15) is 5.56 Å². The van der Waals surface area contributed by atoms with Crippen LogP contribution in [0.2, 0.25) is 0 Å². The lowest BCUT2D eigenvalue weighted by molar-refractivity contribution is 0.602. The van der Waals surface area contributed by atoms with Crippen LogP contribution in [0, 0.1) is 6.57 Å². The van der Waals surface area contributed by atoms with E-state index in [2.05, 4.69) is 4.85 Å². The normalized spacial score (nSPS) is 10.8. The van der Waals surface area contributed by atoms with Crippen LogP contribution in [0.15, 0.2) is 29.2 Å². The topological polar surface area (TPSA) is 38.5 Å². The Morgan fingerprint density at radius 1 is 1.46 bits per heavy atom. The second-order valence-corrected chi connectivity index (χ2v) is 4.75. The van der Waals surface area contributed by atoms with Gasteiger partial charge in [0.05, 0.1) is 4.90 Å². The number of hydrogen-bond donors (Lipinski definition) is 0. The minimum atomic E-state index is -3.15. The van der Waals surface area contributed by atoms with Crippen molar-refractivity contribution in [3.05, 3.63) is 41.2 Å². The van der Waals surface area contributed by atoms with Gasteiger partial charge in [0.15, 0.2) is 9.84 Å². The lowest BCUT2D eigenvalue weighted by atomic mass is 10.2. The summed E-state index contributed by atoms with van der Waals surface area (Å²) in [6, 6.07) is 6.46. The molecule has 0 atom stereocenters. The lowest BCUT2D eigenvalue weighted by Gasteiger charge is -1.98. The molecule has 0 bridgehead atoms. The van der Waals surface area contributed by atoms with Crippen molar-refractivity contribution < 1.29 is 8.42 Å². The fraction of sp³-hybridized carbons (Fsp3) is 0.222. The van der Waals surface area contributed by atoms with Crippen molar-refractivity contribution in [1.82, 2.24) is 0 Å². The third-order valence-electron chi connectivity index (χ3n) is 1.59. The Morgan fingerprint density at radius 3 is 2.69 bits per heavy atom. The van der Waals surface area contributed by atoms with Crippen molar-refractivity contribution in [3.63, 3.8) is 0 Å². The Labute approximate surface area is 77.8 Å². The molecule has 3 nitrogen and oxygen atoms in total. The van der Waals surface area contributed by atoms with Crippen LogP contribution in [0.25, 0.3) is 4.85 Å². The molecule has 1 rings (SSSR count). The Morgan fingerprint density at radius 2 is 2.15 bits per heavy atom. The maximum absolute atomic E-state index is 11.1. The van der Waals surface area contributed by atoms with E-state index in [-0.39, 0.29) is 11.4 Å². The fourth-order valence-electron chi connectivity index (χ4n) is 0.966. The van der Waals surface area contributed by atoms with Gasteiger partial charge in [-0.2, -0.15) is 0 Å². The van der Waals surface area contributed by atoms with Crippen molar-refractivity contribution in [3.8, 4) is 0 Å². The fourth-order valence-corrected chi connectivity index (χ4v) is 1.66. The van der Waals surface area contributed by atoms with E-state index in [0.29, 0.717) is 0 Å². The summed E-state index contributed by atoms with van der Waals surface area (Å²) in [5.74, 6) is 0. The van der Waals surface area contributed by atoms with Gasteiger partial charge in [0.25, 0.3) is 0 Å². The molecule has 0 fully saturated rings. The first-order chi connectivity index (χ1) is 6.04. The van der Waals surface area contributed by atoms with Gasteiger partial charge in [-0.3, -0.25) is 0 Å². The summed E-state index contributed by atoms with van der Waals surface area (Å²) >= 11 is 0. The van der Waals surface area contributed by atoms with Crippen LogP contribution >= 0.6 is 0 Å². The van der Waals surface area contributed by atoms with E-state index < -0.39 is 9.84 Å². The molecule has 0 aromatic heterocycles. The van der Waals surface area contributed by atoms with E-state index in [1.165, 1.54) is 12.1 Å². The zero-order valence-electron chi connectivity index (χ0n) is 7.19. The molecule has 0 amide bonds. The van der Waals surface area contributed by atoms with Crippen molar-refractivity contribution in [1.29, 1.82) is 0 Å². The molecule has 1 aromatic carbocycles.